The topological polar surface area (TPSA) is 70.2 Å². The van der Waals surface area contributed by atoms with Crippen molar-refractivity contribution in [1.82, 2.24) is 14.7 Å². The fraction of sp³-hybridized carbons (Fsp3) is 0.824. The SMILES string of the molecule is COC(=O)CN(CCN(C)C)C(=O)[C@@H]1CCCN(C(=O)C2CC2)C1. The van der Waals surface area contributed by atoms with Gasteiger partial charge >= 0.3 is 5.97 Å². The van der Waals surface area contributed by atoms with Crippen molar-refractivity contribution in [2.45, 2.75) is 25.7 Å². The Morgan fingerprint density at radius 1 is 1.08 bits per heavy atom. The fourth-order valence-corrected chi connectivity index (χ4v) is 3.03. The summed E-state index contributed by atoms with van der Waals surface area (Å²) in [5, 5.41) is 0. The van der Waals surface area contributed by atoms with Crippen molar-refractivity contribution in [3.8, 4) is 0 Å². The molecular formula is C17H29N3O4. The summed E-state index contributed by atoms with van der Waals surface area (Å²) < 4.78 is 4.71. The lowest BCUT2D eigenvalue weighted by Gasteiger charge is -2.35. The summed E-state index contributed by atoms with van der Waals surface area (Å²) in [7, 11) is 5.18. The van der Waals surface area contributed by atoms with E-state index in [0.29, 0.717) is 19.6 Å². The fourth-order valence-electron chi connectivity index (χ4n) is 3.03. The Labute approximate surface area is 143 Å². The number of esters is 1. The van der Waals surface area contributed by atoms with Gasteiger partial charge in [-0.05, 0) is 39.8 Å². The minimum absolute atomic E-state index is 0.0315. The first-order valence-corrected chi connectivity index (χ1v) is 8.71. The highest BCUT2D eigenvalue weighted by Crippen LogP contribution is 2.32. The predicted octanol–water partition coefficient (Wildman–Crippen LogP) is 0.198. The largest absolute Gasteiger partial charge is 0.468 e. The molecular weight excluding hydrogens is 310 g/mol. The van der Waals surface area contributed by atoms with Crippen LogP contribution in [0.25, 0.3) is 0 Å². The Kier molecular flexibility index (Phi) is 6.60. The van der Waals surface area contributed by atoms with Crippen molar-refractivity contribution in [2.24, 2.45) is 11.8 Å². The molecule has 0 N–H and O–H groups in total. The van der Waals surface area contributed by atoms with Crippen LogP contribution in [0.5, 0.6) is 0 Å². The maximum absolute atomic E-state index is 12.9. The first-order valence-electron chi connectivity index (χ1n) is 8.71. The van der Waals surface area contributed by atoms with E-state index < -0.39 is 5.97 Å². The van der Waals surface area contributed by atoms with Crippen LogP contribution in [0.2, 0.25) is 0 Å². The number of carbonyl (C=O) groups is 3. The van der Waals surface area contributed by atoms with Crippen LogP contribution in [-0.2, 0) is 19.1 Å². The molecule has 1 aliphatic heterocycles. The van der Waals surface area contributed by atoms with E-state index in [4.69, 9.17) is 4.74 Å². The third-order valence-corrected chi connectivity index (χ3v) is 4.69. The Bertz CT molecular complexity index is 476. The highest BCUT2D eigenvalue weighted by Gasteiger charge is 2.37. The number of methoxy groups -OCH3 is 1. The van der Waals surface area contributed by atoms with Gasteiger partial charge in [0.25, 0.3) is 0 Å². The average Bonchev–Trinajstić information content (AvgIpc) is 3.42. The number of likely N-dealkylation sites (N-methyl/N-ethyl adjacent to an activating group) is 1. The van der Waals surface area contributed by atoms with Gasteiger partial charge in [-0.15, -0.1) is 0 Å². The summed E-state index contributed by atoms with van der Waals surface area (Å²) in [5.74, 6) is -0.299. The molecule has 1 saturated heterocycles. The first-order chi connectivity index (χ1) is 11.4. The van der Waals surface area contributed by atoms with E-state index in [2.05, 4.69) is 0 Å². The summed E-state index contributed by atoms with van der Waals surface area (Å²) in [6.45, 7) is 2.35. The minimum atomic E-state index is -0.413. The lowest BCUT2D eigenvalue weighted by atomic mass is 9.96. The minimum Gasteiger partial charge on any atom is -0.468 e. The van der Waals surface area contributed by atoms with Gasteiger partial charge in [0.05, 0.1) is 13.0 Å². The van der Waals surface area contributed by atoms with Crippen LogP contribution in [0.3, 0.4) is 0 Å². The molecule has 0 aromatic rings. The Morgan fingerprint density at radius 2 is 1.79 bits per heavy atom. The smallest absolute Gasteiger partial charge is 0.325 e. The molecule has 1 saturated carbocycles. The molecule has 0 unspecified atom stereocenters. The van der Waals surface area contributed by atoms with Gasteiger partial charge in [0, 0.05) is 32.1 Å². The molecule has 1 atom stereocenters. The molecule has 2 fully saturated rings. The van der Waals surface area contributed by atoms with Crippen LogP contribution in [0, 0.1) is 11.8 Å². The van der Waals surface area contributed by atoms with Crippen molar-refractivity contribution in [3.05, 3.63) is 0 Å². The number of carbonyl (C=O) groups excluding carboxylic acids is 3. The highest BCUT2D eigenvalue weighted by atomic mass is 16.5. The number of amides is 2. The molecule has 0 aromatic heterocycles. The van der Waals surface area contributed by atoms with Gasteiger partial charge in [-0.25, -0.2) is 0 Å². The number of likely N-dealkylation sites (tertiary alicyclic amines) is 1. The van der Waals surface area contributed by atoms with Gasteiger partial charge < -0.3 is 19.4 Å². The van der Waals surface area contributed by atoms with E-state index in [1.54, 1.807) is 4.90 Å². The van der Waals surface area contributed by atoms with Crippen LogP contribution in [-0.4, -0.2) is 86.4 Å². The zero-order valence-corrected chi connectivity index (χ0v) is 15.0. The quantitative estimate of drug-likeness (QED) is 0.620. The Hall–Kier alpha value is -1.63. The molecule has 1 aliphatic carbocycles. The molecule has 2 aliphatic rings. The number of hydrogen-bond donors (Lipinski definition) is 0. The first kappa shape index (κ1) is 18.7. The molecule has 2 rings (SSSR count). The van der Waals surface area contributed by atoms with Gasteiger partial charge in [-0.3, -0.25) is 14.4 Å². The molecule has 2 amide bonds. The van der Waals surface area contributed by atoms with Crippen molar-refractivity contribution in [2.75, 3.05) is 53.9 Å². The summed E-state index contributed by atoms with van der Waals surface area (Å²) in [6, 6.07) is 0. The van der Waals surface area contributed by atoms with E-state index in [-0.39, 0.29) is 30.2 Å². The second-order valence-electron chi connectivity index (χ2n) is 7.04. The van der Waals surface area contributed by atoms with E-state index in [1.165, 1.54) is 7.11 Å². The summed E-state index contributed by atoms with van der Waals surface area (Å²) in [6.07, 6.45) is 3.57. The van der Waals surface area contributed by atoms with Crippen molar-refractivity contribution < 1.29 is 19.1 Å². The molecule has 136 valence electrons. The molecule has 0 bridgehead atoms. The standard InChI is InChI=1S/C17H29N3O4/c1-18(2)9-10-20(12-15(21)24-3)17(23)14-5-4-8-19(11-14)16(22)13-6-7-13/h13-14H,4-12H2,1-3H3/t14-/m1/s1. The average molecular weight is 339 g/mol. The van der Waals surface area contributed by atoms with Gasteiger partial charge in [0.15, 0.2) is 0 Å². The highest BCUT2D eigenvalue weighted by molar-refractivity contribution is 5.85. The van der Waals surface area contributed by atoms with E-state index in [9.17, 15) is 14.4 Å². The Balaban J connectivity index is 1.97. The number of ether oxygens (including phenoxy) is 1. The van der Waals surface area contributed by atoms with E-state index in [1.807, 2.05) is 23.9 Å². The third-order valence-electron chi connectivity index (χ3n) is 4.69. The van der Waals surface area contributed by atoms with Gasteiger partial charge in [-0.1, -0.05) is 0 Å². The summed E-state index contributed by atoms with van der Waals surface area (Å²) in [5.41, 5.74) is 0. The number of nitrogens with zero attached hydrogens (tertiary/aromatic N) is 3. The van der Waals surface area contributed by atoms with Crippen LogP contribution in [0.15, 0.2) is 0 Å². The molecule has 0 radical (unpaired) electrons. The van der Waals surface area contributed by atoms with Crippen LogP contribution in [0.1, 0.15) is 25.7 Å². The maximum Gasteiger partial charge on any atom is 0.325 e. The molecule has 0 spiro atoms. The predicted molar refractivity (Wildman–Crippen MR) is 89.2 cm³/mol. The van der Waals surface area contributed by atoms with Gasteiger partial charge in [-0.2, -0.15) is 0 Å². The van der Waals surface area contributed by atoms with Gasteiger partial charge in [0.2, 0.25) is 11.8 Å². The van der Waals surface area contributed by atoms with Crippen LogP contribution >= 0.6 is 0 Å². The van der Waals surface area contributed by atoms with Gasteiger partial charge in [0.1, 0.15) is 6.54 Å². The number of hydrogen-bond acceptors (Lipinski definition) is 5. The molecule has 7 heteroatoms. The molecule has 0 aromatic carbocycles. The maximum atomic E-state index is 12.9. The lowest BCUT2D eigenvalue weighted by molar-refractivity contribution is -0.150. The van der Waals surface area contributed by atoms with Crippen molar-refractivity contribution >= 4 is 17.8 Å². The molecule has 1 heterocycles. The van der Waals surface area contributed by atoms with Crippen LogP contribution in [0.4, 0.5) is 0 Å². The van der Waals surface area contributed by atoms with Crippen molar-refractivity contribution in [1.29, 1.82) is 0 Å². The van der Waals surface area contributed by atoms with Crippen molar-refractivity contribution in [3.63, 3.8) is 0 Å². The Morgan fingerprint density at radius 3 is 2.38 bits per heavy atom. The zero-order chi connectivity index (χ0) is 17.7. The van der Waals surface area contributed by atoms with E-state index >= 15 is 0 Å². The second-order valence-corrected chi connectivity index (χ2v) is 7.04. The second kappa shape index (κ2) is 8.46. The zero-order valence-electron chi connectivity index (χ0n) is 15.0. The number of rotatable bonds is 7. The summed E-state index contributed by atoms with van der Waals surface area (Å²) >= 11 is 0. The molecule has 7 nitrogen and oxygen atoms in total. The monoisotopic (exact) mass is 339 g/mol. The normalized spacial score (nSPS) is 20.8. The third kappa shape index (κ3) is 5.19. The lowest BCUT2D eigenvalue weighted by Crippen LogP contribution is -2.49. The molecule has 24 heavy (non-hydrogen) atoms. The van der Waals surface area contributed by atoms with E-state index in [0.717, 1.165) is 32.2 Å². The number of piperidine rings is 1. The van der Waals surface area contributed by atoms with Crippen LogP contribution < -0.4 is 0 Å². The summed E-state index contributed by atoms with van der Waals surface area (Å²) in [4.78, 5) is 42.1.